The van der Waals surface area contributed by atoms with Gasteiger partial charge in [-0.25, -0.2) is 0 Å². The van der Waals surface area contributed by atoms with Gasteiger partial charge >= 0.3 is 0 Å². The van der Waals surface area contributed by atoms with E-state index >= 15 is 0 Å². The number of pyridine rings is 1. The Morgan fingerprint density at radius 3 is 2.40 bits per heavy atom. The Balaban J connectivity index is 0.00000112. The Kier molecular flexibility index (Phi) is 4.07. The van der Waals surface area contributed by atoms with Crippen molar-refractivity contribution < 1.29 is 0 Å². The van der Waals surface area contributed by atoms with Gasteiger partial charge in [0.15, 0.2) is 0 Å². The average molecular weight is 224 g/mol. The Hall–Kier alpha value is -1.11. The van der Waals surface area contributed by atoms with Crippen LogP contribution in [-0.4, -0.2) is 18.1 Å². The first-order valence-corrected chi connectivity index (χ1v) is 4.90. The molecule has 80 valence electrons. The van der Waals surface area contributed by atoms with Crippen molar-refractivity contribution in [2.24, 2.45) is 0 Å². The molecule has 0 aliphatic carbocycles. The van der Waals surface area contributed by atoms with E-state index in [1.54, 1.807) is 12.4 Å². The number of hydrogen-bond acceptors (Lipinski definition) is 3. The first-order valence-electron chi connectivity index (χ1n) is 4.90. The van der Waals surface area contributed by atoms with E-state index in [1.165, 1.54) is 0 Å². The predicted octanol–water partition coefficient (Wildman–Crippen LogP) is 1.65. The van der Waals surface area contributed by atoms with E-state index in [0.717, 1.165) is 31.5 Å². The van der Waals surface area contributed by atoms with Crippen molar-refractivity contribution in [3.63, 3.8) is 0 Å². The van der Waals surface area contributed by atoms with E-state index in [-0.39, 0.29) is 17.8 Å². The second kappa shape index (κ2) is 5.11. The van der Waals surface area contributed by atoms with Crippen LogP contribution < -0.4 is 5.32 Å². The van der Waals surface area contributed by atoms with Gasteiger partial charge in [0.1, 0.15) is 0 Å². The van der Waals surface area contributed by atoms with Crippen LogP contribution in [-0.2, 0) is 5.41 Å². The summed E-state index contributed by atoms with van der Waals surface area (Å²) >= 11 is 0. The molecule has 0 bridgehead atoms. The van der Waals surface area contributed by atoms with Crippen LogP contribution >= 0.6 is 12.4 Å². The van der Waals surface area contributed by atoms with Gasteiger partial charge in [0.25, 0.3) is 0 Å². The van der Waals surface area contributed by atoms with Crippen molar-refractivity contribution in [2.45, 2.75) is 18.3 Å². The molecule has 4 heteroatoms. The van der Waals surface area contributed by atoms with Crippen LogP contribution in [0, 0.1) is 11.3 Å². The molecule has 0 aromatic carbocycles. The van der Waals surface area contributed by atoms with Gasteiger partial charge in [-0.3, -0.25) is 4.98 Å². The third kappa shape index (κ3) is 2.28. The lowest BCUT2D eigenvalue weighted by atomic mass is 9.75. The smallest absolute Gasteiger partial charge is 0.0847 e. The summed E-state index contributed by atoms with van der Waals surface area (Å²) in [7, 11) is 0. The lowest BCUT2D eigenvalue weighted by Crippen LogP contribution is -2.38. The molecule has 0 saturated carbocycles. The fraction of sp³-hybridized carbons (Fsp3) is 0.455. The van der Waals surface area contributed by atoms with Gasteiger partial charge in [-0.15, -0.1) is 12.4 Å². The van der Waals surface area contributed by atoms with Crippen LogP contribution in [0.5, 0.6) is 0 Å². The standard InChI is InChI=1S/C11H13N3.ClH/c12-9-11(3-7-14-8-4-11)10-1-5-13-6-2-10;/h1-2,5-6,14H,3-4,7-8H2;1H. The third-order valence-electron chi connectivity index (χ3n) is 2.90. The van der Waals surface area contributed by atoms with Crippen LogP contribution in [0.4, 0.5) is 0 Å². The summed E-state index contributed by atoms with van der Waals surface area (Å²) < 4.78 is 0. The second-order valence-electron chi connectivity index (χ2n) is 3.68. The Bertz CT molecular complexity index is 339. The van der Waals surface area contributed by atoms with Crippen molar-refractivity contribution in [3.05, 3.63) is 30.1 Å². The topological polar surface area (TPSA) is 48.7 Å². The van der Waals surface area contributed by atoms with Gasteiger partial charge in [0.05, 0.1) is 11.5 Å². The lowest BCUT2D eigenvalue weighted by Gasteiger charge is -2.31. The Labute approximate surface area is 95.9 Å². The van der Waals surface area contributed by atoms with Crippen LogP contribution in [0.1, 0.15) is 18.4 Å². The molecule has 2 rings (SSSR count). The summed E-state index contributed by atoms with van der Waals surface area (Å²) in [5.74, 6) is 0. The normalized spacial score (nSPS) is 18.6. The van der Waals surface area contributed by atoms with E-state index < -0.39 is 0 Å². The van der Waals surface area contributed by atoms with Crippen LogP contribution in [0.3, 0.4) is 0 Å². The number of nitriles is 1. The zero-order valence-electron chi connectivity index (χ0n) is 8.44. The lowest BCUT2D eigenvalue weighted by molar-refractivity contribution is 0.382. The van der Waals surface area contributed by atoms with Crippen molar-refractivity contribution in [2.75, 3.05) is 13.1 Å². The number of halogens is 1. The fourth-order valence-corrected chi connectivity index (χ4v) is 1.99. The minimum Gasteiger partial charge on any atom is -0.317 e. The number of piperidine rings is 1. The first kappa shape index (κ1) is 12.0. The zero-order chi connectivity index (χ0) is 9.86. The third-order valence-corrected chi connectivity index (χ3v) is 2.90. The minimum absolute atomic E-state index is 0. The maximum Gasteiger partial charge on any atom is 0.0847 e. The maximum atomic E-state index is 9.30. The van der Waals surface area contributed by atoms with E-state index in [2.05, 4.69) is 16.4 Å². The minimum atomic E-state index is -0.284. The Morgan fingerprint density at radius 1 is 1.27 bits per heavy atom. The molecular formula is C11H14ClN3. The number of nitrogens with zero attached hydrogens (tertiary/aromatic N) is 2. The van der Waals surface area contributed by atoms with Crippen LogP contribution in [0.25, 0.3) is 0 Å². The van der Waals surface area contributed by atoms with E-state index in [1.807, 2.05) is 12.1 Å². The molecule has 1 aromatic rings. The number of nitrogens with one attached hydrogen (secondary N) is 1. The van der Waals surface area contributed by atoms with Gasteiger partial charge in [0.2, 0.25) is 0 Å². The second-order valence-corrected chi connectivity index (χ2v) is 3.68. The molecule has 0 atom stereocenters. The SMILES string of the molecule is Cl.N#CC1(c2ccncc2)CCNCC1. The molecule has 1 fully saturated rings. The van der Waals surface area contributed by atoms with E-state index in [0.29, 0.717) is 0 Å². The van der Waals surface area contributed by atoms with E-state index in [9.17, 15) is 5.26 Å². The molecule has 3 nitrogen and oxygen atoms in total. The molecule has 1 aromatic heterocycles. The summed E-state index contributed by atoms with van der Waals surface area (Å²) in [6.07, 6.45) is 5.31. The molecule has 2 heterocycles. The summed E-state index contributed by atoms with van der Waals surface area (Å²) in [5.41, 5.74) is 0.824. The summed E-state index contributed by atoms with van der Waals surface area (Å²) in [6, 6.07) is 6.37. The van der Waals surface area contributed by atoms with Crippen molar-refractivity contribution in [1.82, 2.24) is 10.3 Å². The monoisotopic (exact) mass is 223 g/mol. The highest BCUT2D eigenvalue weighted by molar-refractivity contribution is 5.85. The summed E-state index contributed by atoms with van der Waals surface area (Å²) in [4.78, 5) is 3.98. The maximum absolute atomic E-state index is 9.30. The van der Waals surface area contributed by atoms with Gasteiger partial charge in [-0.05, 0) is 43.6 Å². The van der Waals surface area contributed by atoms with Crippen LogP contribution in [0.15, 0.2) is 24.5 Å². The first-order chi connectivity index (χ1) is 6.87. The molecule has 1 aliphatic heterocycles. The predicted molar refractivity (Wildman–Crippen MR) is 60.9 cm³/mol. The largest absolute Gasteiger partial charge is 0.317 e. The number of hydrogen-bond donors (Lipinski definition) is 1. The summed E-state index contributed by atoms with van der Waals surface area (Å²) in [5, 5.41) is 12.6. The van der Waals surface area contributed by atoms with E-state index in [4.69, 9.17) is 0 Å². The molecular weight excluding hydrogens is 210 g/mol. The Morgan fingerprint density at radius 2 is 1.87 bits per heavy atom. The average Bonchev–Trinajstić information content (AvgIpc) is 2.31. The quantitative estimate of drug-likeness (QED) is 0.788. The van der Waals surface area contributed by atoms with Gasteiger partial charge in [-0.1, -0.05) is 0 Å². The number of rotatable bonds is 1. The molecule has 0 amide bonds. The summed E-state index contributed by atoms with van der Waals surface area (Å²) in [6.45, 7) is 1.85. The highest BCUT2D eigenvalue weighted by Crippen LogP contribution is 2.31. The zero-order valence-corrected chi connectivity index (χ0v) is 9.26. The number of aromatic nitrogens is 1. The van der Waals surface area contributed by atoms with Crippen LogP contribution in [0.2, 0.25) is 0 Å². The molecule has 1 aliphatic rings. The highest BCUT2D eigenvalue weighted by Gasteiger charge is 2.33. The van der Waals surface area contributed by atoms with Gasteiger partial charge in [-0.2, -0.15) is 5.26 Å². The van der Waals surface area contributed by atoms with Gasteiger partial charge < -0.3 is 5.32 Å². The molecule has 1 saturated heterocycles. The van der Waals surface area contributed by atoms with Gasteiger partial charge in [0, 0.05) is 12.4 Å². The van der Waals surface area contributed by atoms with Crippen molar-refractivity contribution in [1.29, 1.82) is 5.26 Å². The molecule has 0 unspecified atom stereocenters. The molecule has 0 spiro atoms. The van der Waals surface area contributed by atoms with Crippen molar-refractivity contribution >= 4 is 12.4 Å². The molecule has 15 heavy (non-hydrogen) atoms. The molecule has 0 radical (unpaired) electrons. The highest BCUT2D eigenvalue weighted by atomic mass is 35.5. The fourth-order valence-electron chi connectivity index (χ4n) is 1.99. The van der Waals surface area contributed by atoms with Crippen molar-refractivity contribution in [3.8, 4) is 6.07 Å². The molecule has 1 N–H and O–H groups in total.